The highest BCUT2D eigenvalue weighted by molar-refractivity contribution is 7.18. The van der Waals surface area contributed by atoms with Crippen molar-refractivity contribution in [2.45, 2.75) is 32.2 Å². The Bertz CT molecular complexity index is 959. The molecule has 0 atom stereocenters. The predicted octanol–water partition coefficient (Wildman–Crippen LogP) is 4.05. The van der Waals surface area contributed by atoms with Crippen molar-refractivity contribution >= 4 is 44.8 Å². The lowest BCUT2D eigenvalue weighted by Gasteiger charge is -2.16. The van der Waals surface area contributed by atoms with E-state index in [-0.39, 0.29) is 12.5 Å². The molecule has 1 aromatic carbocycles. The molecule has 7 heteroatoms. The summed E-state index contributed by atoms with van der Waals surface area (Å²) in [4.78, 5) is 32.1. The first kappa shape index (κ1) is 18.1. The molecule has 0 saturated heterocycles. The number of thiophene rings is 1. The highest BCUT2D eigenvalue weighted by Gasteiger charge is 2.22. The quantitative estimate of drug-likeness (QED) is 0.606. The second-order valence-corrected chi connectivity index (χ2v) is 8.74. The van der Waals surface area contributed by atoms with E-state index in [9.17, 15) is 9.59 Å². The molecule has 0 fully saturated rings. The number of carbonyl (C=O) groups is 2. The molecular formula is C20H20N2O3S2. The van der Waals surface area contributed by atoms with Gasteiger partial charge in [-0.1, -0.05) is 12.1 Å². The number of amides is 1. The van der Waals surface area contributed by atoms with Gasteiger partial charge in [0, 0.05) is 17.3 Å². The van der Waals surface area contributed by atoms with E-state index in [1.807, 2.05) is 29.6 Å². The minimum Gasteiger partial charge on any atom is -0.452 e. The Balaban J connectivity index is 1.34. The van der Waals surface area contributed by atoms with Crippen LogP contribution in [0.15, 0.2) is 29.6 Å². The van der Waals surface area contributed by atoms with Crippen LogP contribution in [0.4, 0.5) is 0 Å². The van der Waals surface area contributed by atoms with E-state index in [1.165, 1.54) is 11.3 Å². The molecule has 0 radical (unpaired) electrons. The van der Waals surface area contributed by atoms with Crippen molar-refractivity contribution in [3.05, 3.63) is 50.7 Å². The lowest BCUT2D eigenvalue weighted by Crippen LogP contribution is -2.30. The topological polar surface area (TPSA) is 59.5 Å². The summed E-state index contributed by atoms with van der Waals surface area (Å²) in [5.41, 5.74) is 2.69. The van der Waals surface area contributed by atoms with Crippen molar-refractivity contribution < 1.29 is 14.3 Å². The van der Waals surface area contributed by atoms with Crippen molar-refractivity contribution in [3.8, 4) is 0 Å². The number of benzene rings is 1. The van der Waals surface area contributed by atoms with Crippen molar-refractivity contribution in [1.82, 2.24) is 9.88 Å². The number of hydrogen-bond acceptors (Lipinski definition) is 6. The lowest BCUT2D eigenvalue weighted by molar-refractivity contribution is -0.133. The summed E-state index contributed by atoms with van der Waals surface area (Å²) >= 11 is 3.19. The second-order valence-electron chi connectivity index (χ2n) is 6.66. The van der Waals surface area contributed by atoms with Gasteiger partial charge in [0.2, 0.25) is 0 Å². The van der Waals surface area contributed by atoms with Gasteiger partial charge in [-0.3, -0.25) is 4.79 Å². The summed E-state index contributed by atoms with van der Waals surface area (Å²) in [5, 5.41) is 2.73. The zero-order chi connectivity index (χ0) is 18.8. The fraction of sp³-hybridized carbons (Fsp3) is 0.350. The van der Waals surface area contributed by atoms with Gasteiger partial charge in [-0.15, -0.1) is 22.7 Å². The second kappa shape index (κ2) is 7.78. The van der Waals surface area contributed by atoms with Crippen LogP contribution in [0.5, 0.6) is 0 Å². The number of rotatable bonds is 5. The van der Waals surface area contributed by atoms with Gasteiger partial charge in [0.05, 0.1) is 22.3 Å². The van der Waals surface area contributed by atoms with Gasteiger partial charge in [-0.2, -0.15) is 0 Å². The van der Waals surface area contributed by atoms with Crippen LogP contribution in [0, 0.1) is 0 Å². The van der Waals surface area contributed by atoms with Gasteiger partial charge in [0.15, 0.2) is 6.61 Å². The average molecular weight is 401 g/mol. The van der Waals surface area contributed by atoms with Crippen LogP contribution < -0.4 is 0 Å². The number of para-hydroxylation sites is 1. The first-order chi connectivity index (χ1) is 13.1. The third-order valence-electron chi connectivity index (χ3n) is 4.74. The number of carbonyl (C=O) groups excluding carboxylic acids is 2. The highest BCUT2D eigenvalue weighted by Crippen LogP contribution is 2.30. The Morgan fingerprint density at radius 3 is 2.89 bits per heavy atom. The third-order valence-corrected chi connectivity index (χ3v) is 6.85. The fourth-order valence-electron chi connectivity index (χ4n) is 3.26. The number of esters is 1. The summed E-state index contributed by atoms with van der Waals surface area (Å²) in [6, 6.07) is 7.90. The maximum atomic E-state index is 12.4. The van der Waals surface area contributed by atoms with E-state index >= 15 is 0 Å². The molecule has 0 bridgehead atoms. The summed E-state index contributed by atoms with van der Waals surface area (Å²) in [6.07, 6.45) is 4.25. The molecule has 0 spiro atoms. The third kappa shape index (κ3) is 3.89. The molecule has 0 aliphatic heterocycles. The minimum absolute atomic E-state index is 0.230. The molecule has 1 aliphatic rings. The molecule has 140 valence electrons. The van der Waals surface area contributed by atoms with E-state index < -0.39 is 5.97 Å². The van der Waals surface area contributed by atoms with Crippen LogP contribution in [0.25, 0.3) is 10.2 Å². The number of ether oxygens (including phenoxy) is 1. The van der Waals surface area contributed by atoms with Crippen LogP contribution in [0.3, 0.4) is 0 Å². The summed E-state index contributed by atoms with van der Waals surface area (Å²) in [6.45, 7) is 0.161. The summed E-state index contributed by atoms with van der Waals surface area (Å²) in [5.74, 6) is -0.622. The Morgan fingerprint density at radius 2 is 2.04 bits per heavy atom. The first-order valence-corrected chi connectivity index (χ1v) is 10.7. The standard InChI is InChI=1S/C20H20N2O3S2/c1-22(10-18-21-15-7-3-5-9-17(15)27-18)19(23)11-25-20(24)14-12-26-16-8-4-2-6-13(14)16/h3,5,7,9,12H,2,4,6,8,10-11H2,1H3. The molecule has 27 heavy (non-hydrogen) atoms. The Labute approximate surface area is 165 Å². The lowest BCUT2D eigenvalue weighted by atomic mass is 9.96. The molecule has 3 aromatic rings. The number of likely N-dealkylation sites (N-methyl/N-ethyl adjacent to an activating group) is 1. The van der Waals surface area contributed by atoms with E-state index in [1.54, 1.807) is 34.6 Å². The van der Waals surface area contributed by atoms with Crippen LogP contribution in [-0.2, 0) is 28.9 Å². The highest BCUT2D eigenvalue weighted by atomic mass is 32.1. The average Bonchev–Trinajstić information content (AvgIpc) is 3.29. The van der Waals surface area contributed by atoms with Crippen molar-refractivity contribution in [2.24, 2.45) is 0 Å². The fourth-order valence-corrected chi connectivity index (χ4v) is 5.39. The zero-order valence-corrected chi connectivity index (χ0v) is 16.7. The number of thiazole rings is 1. The zero-order valence-electron chi connectivity index (χ0n) is 15.1. The minimum atomic E-state index is -0.392. The molecule has 4 rings (SSSR count). The van der Waals surface area contributed by atoms with Crippen molar-refractivity contribution in [1.29, 1.82) is 0 Å². The normalized spacial score (nSPS) is 13.4. The van der Waals surface area contributed by atoms with E-state index in [0.717, 1.165) is 40.1 Å². The number of aromatic nitrogens is 1. The van der Waals surface area contributed by atoms with Crippen LogP contribution in [0.2, 0.25) is 0 Å². The SMILES string of the molecule is CN(Cc1nc2ccccc2s1)C(=O)COC(=O)c1csc2c1CCCC2. The summed E-state index contributed by atoms with van der Waals surface area (Å²) < 4.78 is 6.39. The van der Waals surface area contributed by atoms with Crippen molar-refractivity contribution in [2.75, 3.05) is 13.7 Å². The van der Waals surface area contributed by atoms with Gasteiger partial charge >= 0.3 is 5.97 Å². The Kier molecular flexibility index (Phi) is 5.22. The van der Waals surface area contributed by atoms with Gasteiger partial charge in [-0.05, 0) is 43.4 Å². The smallest absolute Gasteiger partial charge is 0.339 e. The maximum Gasteiger partial charge on any atom is 0.339 e. The van der Waals surface area contributed by atoms with Crippen molar-refractivity contribution in [3.63, 3.8) is 0 Å². The molecule has 2 heterocycles. The molecule has 0 N–H and O–H groups in total. The van der Waals surface area contributed by atoms with Gasteiger partial charge in [0.1, 0.15) is 5.01 Å². The largest absolute Gasteiger partial charge is 0.452 e. The van der Waals surface area contributed by atoms with E-state index in [2.05, 4.69) is 4.98 Å². The predicted molar refractivity (Wildman–Crippen MR) is 107 cm³/mol. The first-order valence-electron chi connectivity index (χ1n) is 8.96. The number of nitrogens with zero attached hydrogens (tertiary/aromatic N) is 2. The molecule has 5 nitrogen and oxygen atoms in total. The molecule has 0 unspecified atom stereocenters. The van der Waals surface area contributed by atoms with Crippen LogP contribution in [0.1, 0.15) is 38.6 Å². The van der Waals surface area contributed by atoms with Gasteiger partial charge in [-0.25, -0.2) is 9.78 Å². The molecule has 1 amide bonds. The van der Waals surface area contributed by atoms with Crippen LogP contribution in [-0.4, -0.2) is 35.4 Å². The molecular weight excluding hydrogens is 380 g/mol. The molecule has 1 aliphatic carbocycles. The monoisotopic (exact) mass is 400 g/mol. The molecule has 2 aromatic heterocycles. The number of hydrogen-bond donors (Lipinski definition) is 0. The Hall–Kier alpha value is -2.25. The molecule has 0 saturated carbocycles. The number of fused-ring (bicyclic) bond motifs is 2. The number of aryl methyl sites for hydroxylation is 1. The van der Waals surface area contributed by atoms with Crippen LogP contribution >= 0.6 is 22.7 Å². The van der Waals surface area contributed by atoms with E-state index in [4.69, 9.17) is 4.74 Å². The Morgan fingerprint density at radius 1 is 1.22 bits per heavy atom. The van der Waals surface area contributed by atoms with E-state index in [0.29, 0.717) is 12.1 Å². The summed E-state index contributed by atoms with van der Waals surface area (Å²) in [7, 11) is 1.70. The van der Waals surface area contributed by atoms with Gasteiger partial charge in [0.25, 0.3) is 5.91 Å². The maximum absolute atomic E-state index is 12.4. The van der Waals surface area contributed by atoms with Gasteiger partial charge < -0.3 is 9.64 Å².